The molecule has 10 heavy (non-hydrogen) atoms. The third-order valence-electron chi connectivity index (χ3n) is 1.91. The summed E-state index contributed by atoms with van der Waals surface area (Å²) in [4.78, 5) is 0. The van der Waals surface area contributed by atoms with Crippen LogP contribution in [0.25, 0.3) is 0 Å². The second kappa shape index (κ2) is 3.49. The summed E-state index contributed by atoms with van der Waals surface area (Å²) >= 11 is 0. The molecule has 1 heterocycles. The van der Waals surface area contributed by atoms with Crippen LogP contribution in [-0.2, 0) is 10.8 Å². The third kappa shape index (κ3) is 1.80. The van der Waals surface area contributed by atoms with Crippen LogP contribution >= 0.6 is 0 Å². The van der Waals surface area contributed by atoms with Crippen molar-refractivity contribution in [3.63, 3.8) is 0 Å². The lowest BCUT2D eigenvalue weighted by atomic mass is 10.1. The third-order valence-corrected chi connectivity index (χ3v) is 3.90. The minimum atomic E-state index is -0.571. The van der Waals surface area contributed by atoms with E-state index in [9.17, 15) is 4.21 Å². The van der Waals surface area contributed by atoms with Crippen LogP contribution in [0.15, 0.2) is 0 Å². The van der Waals surface area contributed by atoms with Crippen LogP contribution in [0.1, 0.15) is 13.8 Å². The summed E-state index contributed by atoms with van der Waals surface area (Å²) in [6.45, 7) is 6.13. The van der Waals surface area contributed by atoms with Gasteiger partial charge < -0.3 is 5.32 Å². The maximum atomic E-state index is 11.3. The molecule has 60 valence electrons. The van der Waals surface area contributed by atoms with Gasteiger partial charge in [0.25, 0.3) is 0 Å². The molecule has 0 saturated carbocycles. The fourth-order valence-electron chi connectivity index (χ4n) is 1.20. The topological polar surface area (TPSA) is 29.1 Å². The van der Waals surface area contributed by atoms with Crippen LogP contribution in [0.5, 0.6) is 0 Å². The molecule has 2 atom stereocenters. The SMILES string of the molecule is CC(C)C1CNCCS1=O. The minimum Gasteiger partial charge on any atom is -0.315 e. The Bertz CT molecular complexity index is 136. The Hall–Kier alpha value is 0.110. The Labute approximate surface area is 64.8 Å². The van der Waals surface area contributed by atoms with E-state index >= 15 is 0 Å². The largest absolute Gasteiger partial charge is 0.315 e. The van der Waals surface area contributed by atoms with Gasteiger partial charge in [-0.25, -0.2) is 0 Å². The zero-order valence-electron chi connectivity index (χ0n) is 6.59. The van der Waals surface area contributed by atoms with Crippen molar-refractivity contribution < 1.29 is 4.21 Å². The molecule has 0 bridgehead atoms. The van der Waals surface area contributed by atoms with Gasteiger partial charge in [-0.15, -0.1) is 0 Å². The van der Waals surface area contributed by atoms with Gasteiger partial charge in [-0.1, -0.05) is 13.8 Å². The van der Waals surface area contributed by atoms with Crippen LogP contribution < -0.4 is 5.32 Å². The Morgan fingerprint density at radius 3 is 2.70 bits per heavy atom. The van der Waals surface area contributed by atoms with Gasteiger partial charge in [-0.3, -0.25) is 4.21 Å². The molecule has 0 radical (unpaired) electrons. The molecule has 0 aromatic rings. The van der Waals surface area contributed by atoms with Crippen molar-refractivity contribution in [3.05, 3.63) is 0 Å². The van der Waals surface area contributed by atoms with Crippen LogP contribution in [0.2, 0.25) is 0 Å². The van der Waals surface area contributed by atoms with Gasteiger partial charge >= 0.3 is 0 Å². The summed E-state index contributed by atoms with van der Waals surface area (Å²) in [5, 5.41) is 3.64. The molecule has 0 aliphatic carbocycles. The highest BCUT2D eigenvalue weighted by atomic mass is 32.2. The van der Waals surface area contributed by atoms with Gasteiger partial charge in [-0.05, 0) is 5.92 Å². The molecule has 1 aliphatic heterocycles. The van der Waals surface area contributed by atoms with Gasteiger partial charge in [0, 0.05) is 34.9 Å². The highest BCUT2D eigenvalue weighted by molar-refractivity contribution is 7.85. The first-order chi connectivity index (χ1) is 4.72. The first kappa shape index (κ1) is 8.21. The zero-order valence-corrected chi connectivity index (χ0v) is 7.41. The van der Waals surface area contributed by atoms with Crippen molar-refractivity contribution >= 4 is 10.8 Å². The number of hydrogen-bond acceptors (Lipinski definition) is 2. The Morgan fingerprint density at radius 1 is 1.60 bits per heavy atom. The predicted octanol–water partition coefficient (Wildman–Crippen LogP) is 0.363. The molecule has 1 saturated heterocycles. The van der Waals surface area contributed by atoms with E-state index in [0.717, 1.165) is 18.8 Å². The van der Waals surface area contributed by atoms with Crippen LogP contribution in [0, 0.1) is 5.92 Å². The van der Waals surface area contributed by atoms with Gasteiger partial charge in [0.15, 0.2) is 0 Å². The first-order valence-electron chi connectivity index (χ1n) is 3.79. The fourth-order valence-corrected chi connectivity index (χ4v) is 2.76. The van der Waals surface area contributed by atoms with E-state index in [4.69, 9.17) is 0 Å². The van der Waals surface area contributed by atoms with Crippen molar-refractivity contribution in [1.29, 1.82) is 0 Å². The van der Waals surface area contributed by atoms with Gasteiger partial charge in [0.2, 0.25) is 0 Å². The lowest BCUT2D eigenvalue weighted by Gasteiger charge is -2.25. The number of rotatable bonds is 1. The molecule has 1 rings (SSSR count). The second-order valence-corrected chi connectivity index (χ2v) is 4.85. The highest BCUT2D eigenvalue weighted by Gasteiger charge is 2.22. The normalized spacial score (nSPS) is 34.7. The van der Waals surface area contributed by atoms with Crippen LogP contribution in [-0.4, -0.2) is 28.3 Å². The van der Waals surface area contributed by atoms with Crippen molar-refractivity contribution in [2.75, 3.05) is 18.8 Å². The first-order valence-corrected chi connectivity index (χ1v) is 5.18. The van der Waals surface area contributed by atoms with Crippen molar-refractivity contribution in [2.24, 2.45) is 5.92 Å². The average molecular weight is 161 g/mol. The number of hydrogen-bond donors (Lipinski definition) is 1. The summed E-state index contributed by atoms with van der Waals surface area (Å²) in [6.07, 6.45) is 0. The van der Waals surface area contributed by atoms with Crippen LogP contribution in [0.4, 0.5) is 0 Å². The highest BCUT2D eigenvalue weighted by Crippen LogP contribution is 2.10. The van der Waals surface area contributed by atoms with Gasteiger partial charge in [0.05, 0.1) is 0 Å². The Kier molecular flexibility index (Phi) is 2.86. The summed E-state index contributed by atoms with van der Waals surface area (Å²) in [5.74, 6) is 1.39. The quantitative estimate of drug-likeness (QED) is 0.602. The fraction of sp³-hybridized carbons (Fsp3) is 1.00. The average Bonchev–Trinajstić information content (AvgIpc) is 1.88. The molecule has 0 aromatic heterocycles. The van der Waals surface area contributed by atoms with Crippen molar-refractivity contribution in [2.45, 2.75) is 19.1 Å². The van der Waals surface area contributed by atoms with Crippen LogP contribution in [0.3, 0.4) is 0 Å². The van der Waals surface area contributed by atoms with E-state index in [2.05, 4.69) is 19.2 Å². The second-order valence-electron chi connectivity index (χ2n) is 3.07. The molecule has 1 N–H and O–H groups in total. The lowest BCUT2D eigenvalue weighted by Crippen LogP contribution is -2.43. The molecule has 0 aromatic carbocycles. The summed E-state index contributed by atoms with van der Waals surface area (Å²) in [6, 6.07) is 0. The van der Waals surface area contributed by atoms with E-state index in [1.807, 2.05) is 0 Å². The summed E-state index contributed by atoms with van der Waals surface area (Å²) in [5.41, 5.74) is 0. The molecule has 1 fully saturated rings. The molecule has 1 aliphatic rings. The maximum absolute atomic E-state index is 11.3. The molecule has 0 spiro atoms. The molecule has 2 unspecified atom stereocenters. The molecular formula is C7H15NOS. The minimum absolute atomic E-state index is 0.383. The monoisotopic (exact) mass is 161 g/mol. The Balaban J connectivity index is 2.48. The number of nitrogens with one attached hydrogen (secondary N) is 1. The molecule has 0 amide bonds. The smallest absolute Gasteiger partial charge is 0.0495 e. The van der Waals surface area contributed by atoms with Crippen molar-refractivity contribution in [1.82, 2.24) is 5.32 Å². The summed E-state index contributed by atoms with van der Waals surface area (Å²) in [7, 11) is -0.571. The van der Waals surface area contributed by atoms with E-state index in [1.54, 1.807) is 0 Å². The predicted molar refractivity (Wildman–Crippen MR) is 44.5 cm³/mol. The summed E-state index contributed by atoms with van der Waals surface area (Å²) < 4.78 is 11.3. The van der Waals surface area contributed by atoms with E-state index < -0.39 is 10.8 Å². The van der Waals surface area contributed by atoms with Gasteiger partial charge in [-0.2, -0.15) is 0 Å². The van der Waals surface area contributed by atoms with Crippen molar-refractivity contribution in [3.8, 4) is 0 Å². The molecule has 2 nitrogen and oxygen atoms in total. The molecular weight excluding hydrogens is 146 g/mol. The standard InChI is InChI=1S/C7H15NOS/c1-6(2)7-5-8-3-4-10(7)9/h6-8H,3-5H2,1-2H3. The molecule has 3 heteroatoms. The zero-order chi connectivity index (χ0) is 7.56. The maximum Gasteiger partial charge on any atom is 0.0495 e. The van der Waals surface area contributed by atoms with E-state index in [-0.39, 0.29) is 0 Å². The lowest BCUT2D eigenvalue weighted by molar-refractivity contribution is 0.525. The van der Waals surface area contributed by atoms with Gasteiger partial charge in [0.1, 0.15) is 0 Å². The van der Waals surface area contributed by atoms with E-state index in [0.29, 0.717) is 11.2 Å². The van der Waals surface area contributed by atoms with E-state index in [1.165, 1.54) is 0 Å². The Morgan fingerprint density at radius 2 is 2.30 bits per heavy atom.